The number of hydrogen-bond acceptors (Lipinski definition) is 3. The highest BCUT2D eigenvalue weighted by Crippen LogP contribution is 2.18. The summed E-state index contributed by atoms with van der Waals surface area (Å²) >= 11 is 9.20. The first-order valence-corrected chi connectivity index (χ1v) is 8.56. The van der Waals surface area contributed by atoms with E-state index in [1.165, 1.54) is 17.0 Å². The van der Waals surface area contributed by atoms with Crippen molar-refractivity contribution in [3.8, 4) is 11.3 Å². The van der Waals surface area contributed by atoms with Crippen molar-refractivity contribution in [2.75, 3.05) is 5.32 Å². The van der Waals surface area contributed by atoms with Crippen molar-refractivity contribution in [2.45, 2.75) is 6.54 Å². The van der Waals surface area contributed by atoms with E-state index < -0.39 is 0 Å². The fourth-order valence-electron chi connectivity index (χ4n) is 2.24. The number of anilines is 1. The van der Waals surface area contributed by atoms with E-state index in [4.69, 9.17) is 11.6 Å². The van der Waals surface area contributed by atoms with Gasteiger partial charge in [0.25, 0.3) is 5.56 Å². The van der Waals surface area contributed by atoms with Crippen LogP contribution in [0.1, 0.15) is 0 Å². The summed E-state index contributed by atoms with van der Waals surface area (Å²) in [5, 5.41) is 3.35. The second kappa shape index (κ2) is 7.63. The van der Waals surface area contributed by atoms with Gasteiger partial charge in [0.2, 0.25) is 5.91 Å². The normalized spacial score (nSPS) is 10.5. The van der Waals surface area contributed by atoms with Gasteiger partial charge in [0.15, 0.2) is 0 Å². The number of nitrogens with one attached hydrogen (secondary N) is 1. The second-order valence-electron chi connectivity index (χ2n) is 5.31. The highest BCUT2D eigenvalue weighted by atomic mass is 79.9. The van der Waals surface area contributed by atoms with Gasteiger partial charge in [-0.25, -0.2) is 4.98 Å². The van der Waals surface area contributed by atoms with Gasteiger partial charge < -0.3 is 5.32 Å². The summed E-state index contributed by atoms with van der Waals surface area (Å²) in [5.41, 5.74) is 1.67. The molecule has 0 unspecified atom stereocenters. The number of aromatic nitrogens is 2. The molecule has 0 saturated heterocycles. The van der Waals surface area contributed by atoms with Gasteiger partial charge in [0.05, 0.1) is 12.0 Å². The van der Waals surface area contributed by atoms with Crippen molar-refractivity contribution >= 4 is 39.1 Å². The summed E-state index contributed by atoms with van der Waals surface area (Å²) < 4.78 is 2.11. The molecule has 7 heteroatoms. The predicted molar refractivity (Wildman–Crippen MR) is 102 cm³/mol. The third-order valence-corrected chi connectivity index (χ3v) is 4.19. The zero-order valence-electron chi connectivity index (χ0n) is 12.9. The van der Waals surface area contributed by atoms with Crippen LogP contribution in [0, 0.1) is 0 Å². The van der Waals surface area contributed by atoms with E-state index in [0.29, 0.717) is 16.4 Å². The monoisotopic (exact) mass is 417 g/mol. The van der Waals surface area contributed by atoms with Crippen LogP contribution in [0.25, 0.3) is 11.3 Å². The summed E-state index contributed by atoms with van der Waals surface area (Å²) in [6.45, 7) is -0.112. The van der Waals surface area contributed by atoms with Gasteiger partial charge in [-0.05, 0) is 30.3 Å². The Balaban J connectivity index is 1.74. The van der Waals surface area contributed by atoms with Crippen LogP contribution in [0.5, 0.6) is 0 Å². The lowest BCUT2D eigenvalue weighted by atomic mass is 10.1. The quantitative estimate of drug-likeness (QED) is 0.697. The molecule has 3 rings (SSSR count). The van der Waals surface area contributed by atoms with E-state index in [1.807, 2.05) is 12.1 Å². The first-order chi connectivity index (χ1) is 12.0. The summed E-state index contributed by atoms with van der Waals surface area (Å²) in [6.07, 6.45) is 1.37. The van der Waals surface area contributed by atoms with E-state index in [2.05, 4.69) is 26.2 Å². The summed E-state index contributed by atoms with van der Waals surface area (Å²) in [4.78, 5) is 28.6. The SMILES string of the molecule is O=C(Cn1cnc(-c2ccc(Cl)cc2)cc1=O)Nc1cccc(Br)c1. The van der Waals surface area contributed by atoms with E-state index in [0.717, 1.165) is 10.0 Å². The maximum absolute atomic E-state index is 12.2. The zero-order valence-corrected chi connectivity index (χ0v) is 15.3. The van der Waals surface area contributed by atoms with Gasteiger partial charge in [0, 0.05) is 26.8 Å². The Morgan fingerprint density at radius 2 is 1.92 bits per heavy atom. The Morgan fingerprint density at radius 3 is 2.60 bits per heavy atom. The molecular formula is C18H13BrClN3O2. The van der Waals surface area contributed by atoms with Crippen molar-refractivity contribution in [3.05, 3.63) is 80.8 Å². The number of halogens is 2. The van der Waals surface area contributed by atoms with E-state index in [9.17, 15) is 9.59 Å². The summed E-state index contributed by atoms with van der Waals surface area (Å²) in [5.74, 6) is -0.304. The van der Waals surface area contributed by atoms with E-state index in [-0.39, 0.29) is 18.0 Å². The highest BCUT2D eigenvalue weighted by Gasteiger charge is 2.08. The Hall–Kier alpha value is -2.44. The van der Waals surface area contributed by atoms with Crippen molar-refractivity contribution in [1.82, 2.24) is 9.55 Å². The average Bonchev–Trinajstić information content (AvgIpc) is 2.57. The molecular weight excluding hydrogens is 406 g/mol. The number of carbonyl (C=O) groups is 1. The van der Waals surface area contributed by atoms with Gasteiger partial charge in [0.1, 0.15) is 6.54 Å². The third kappa shape index (κ3) is 4.55. The van der Waals surface area contributed by atoms with Crippen molar-refractivity contribution in [3.63, 3.8) is 0 Å². The van der Waals surface area contributed by atoms with Gasteiger partial charge in [-0.1, -0.05) is 45.7 Å². The molecule has 0 radical (unpaired) electrons. The Morgan fingerprint density at radius 1 is 1.16 bits per heavy atom. The minimum absolute atomic E-state index is 0.112. The molecule has 0 aliphatic heterocycles. The second-order valence-corrected chi connectivity index (χ2v) is 6.66. The summed E-state index contributed by atoms with van der Waals surface area (Å²) in [6, 6.07) is 15.7. The Kier molecular flexibility index (Phi) is 5.31. The molecule has 5 nitrogen and oxygen atoms in total. The molecule has 1 N–H and O–H groups in total. The van der Waals surface area contributed by atoms with Crippen LogP contribution in [0.4, 0.5) is 5.69 Å². The standard InChI is InChI=1S/C18H13BrClN3O2/c19-13-2-1-3-15(8-13)22-17(24)10-23-11-21-16(9-18(23)25)12-4-6-14(20)7-5-12/h1-9,11H,10H2,(H,22,24). The number of amides is 1. The van der Waals surface area contributed by atoms with E-state index >= 15 is 0 Å². The fraction of sp³-hybridized carbons (Fsp3) is 0.0556. The molecule has 0 aliphatic rings. The maximum atomic E-state index is 12.2. The van der Waals surface area contributed by atoms with E-state index in [1.54, 1.807) is 36.4 Å². The maximum Gasteiger partial charge on any atom is 0.254 e. The molecule has 0 saturated carbocycles. The topological polar surface area (TPSA) is 64.0 Å². The predicted octanol–water partition coefficient (Wildman–Crippen LogP) is 3.96. The van der Waals surface area contributed by atoms with Crippen molar-refractivity contribution in [1.29, 1.82) is 0 Å². The molecule has 0 bridgehead atoms. The van der Waals surface area contributed by atoms with Gasteiger partial charge >= 0.3 is 0 Å². The molecule has 1 amide bonds. The molecule has 2 aromatic carbocycles. The molecule has 0 atom stereocenters. The molecule has 126 valence electrons. The molecule has 0 fully saturated rings. The molecule has 0 spiro atoms. The van der Waals surface area contributed by atoms with Crippen LogP contribution in [-0.4, -0.2) is 15.5 Å². The first kappa shape index (κ1) is 17.4. The Labute approximate surface area is 157 Å². The minimum Gasteiger partial charge on any atom is -0.324 e. The number of rotatable bonds is 4. The van der Waals surface area contributed by atoms with Crippen LogP contribution in [0.3, 0.4) is 0 Å². The fourth-order valence-corrected chi connectivity index (χ4v) is 2.77. The number of carbonyl (C=O) groups excluding carboxylic acids is 1. The third-order valence-electron chi connectivity index (χ3n) is 3.44. The number of nitrogens with zero attached hydrogens (tertiary/aromatic N) is 2. The first-order valence-electron chi connectivity index (χ1n) is 7.39. The molecule has 1 aromatic heterocycles. The number of benzene rings is 2. The Bertz CT molecular complexity index is 971. The van der Waals surface area contributed by atoms with Crippen LogP contribution in [0.2, 0.25) is 5.02 Å². The van der Waals surface area contributed by atoms with Gasteiger partial charge in [-0.2, -0.15) is 0 Å². The van der Waals surface area contributed by atoms with Gasteiger partial charge in [-0.15, -0.1) is 0 Å². The lowest BCUT2D eigenvalue weighted by Crippen LogP contribution is -2.27. The molecule has 0 aliphatic carbocycles. The van der Waals surface area contributed by atoms with Crippen molar-refractivity contribution in [2.24, 2.45) is 0 Å². The highest BCUT2D eigenvalue weighted by molar-refractivity contribution is 9.10. The van der Waals surface area contributed by atoms with Crippen LogP contribution < -0.4 is 10.9 Å². The molecule has 1 heterocycles. The average molecular weight is 419 g/mol. The van der Waals surface area contributed by atoms with Crippen LogP contribution >= 0.6 is 27.5 Å². The van der Waals surface area contributed by atoms with Crippen molar-refractivity contribution < 1.29 is 4.79 Å². The number of hydrogen-bond donors (Lipinski definition) is 1. The minimum atomic E-state index is -0.304. The molecule has 25 heavy (non-hydrogen) atoms. The van der Waals surface area contributed by atoms with Crippen LogP contribution in [-0.2, 0) is 11.3 Å². The smallest absolute Gasteiger partial charge is 0.254 e. The zero-order chi connectivity index (χ0) is 17.8. The van der Waals surface area contributed by atoms with Crippen LogP contribution in [0.15, 0.2) is 70.2 Å². The lowest BCUT2D eigenvalue weighted by molar-refractivity contribution is -0.116. The lowest BCUT2D eigenvalue weighted by Gasteiger charge is -2.08. The molecule has 3 aromatic rings. The largest absolute Gasteiger partial charge is 0.324 e. The summed E-state index contributed by atoms with van der Waals surface area (Å²) in [7, 11) is 0. The van der Waals surface area contributed by atoms with Gasteiger partial charge in [-0.3, -0.25) is 14.2 Å².